The van der Waals surface area contributed by atoms with Gasteiger partial charge in [-0.3, -0.25) is 9.36 Å². The molecule has 0 aliphatic carbocycles. The van der Waals surface area contributed by atoms with Gasteiger partial charge in [-0.1, -0.05) is 60.7 Å². The van der Waals surface area contributed by atoms with E-state index in [0.29, 0.717) is 0 Å². The SMILES string of the molecule is CCOP(=O)(OCC)[C@@H](/C=C/c1ccccc1)OC(=O)[C@H](C)c1ccc2cc(OC)ccc2c1. The third kappa shape index (κ3) is 6.35. The highest BCUT2D eigenvalue weighted by Gasteiger charge is 2.38. The standard InChI is InChI=1S/C27H31O6P/c1-5-31-34(29,32-6-2)26(17-12-21-10-8-7-9-11-21)33-27(28)20(3)22-13-14-24-19-25(30-4)16-15-23(24)18-22/h7-20,26H,5-6H2,1-4H3/b17-12+/t20-,26+/m1/s1. The van der Waals surface area contributed by atoms with Gasteiger partial charge in [0.25, 0.3) is 0 Å². The zero-order chi connectivity index (χ0) is 24.6. The predicted molar refractivity (Wildman–Crippen MR) is 135 cm³/mol. The molecule has 0 saturated carbocycles. The number of ether oxygens (including phenoxy) is 2. The molecule has 3 aromatic carbocycles. The molecule has 0 aromatic heterocycles. The van der Waals surface area contributed by atoms with Crippen molar-refractivity contribution < 1.29 is 27.9 Å². The largest absolute Gasteiger partial charge is 0.497 e. The summed E-state index contributed by atoms with van der Waals surface area (Å²) in [5.41, 5.74) is 1.66. The second kappa shape index (κ2) is 12.0. The number of benzene rings is 3. The Morgan fingerprint density at radius 2 is 1.59 bits per heavy atom. The first kappa shape index (κ1) is 25.7. The molecule has 0 amide bonds. The van der Waals surface area contributed by atoms with Gasteiger partial charge in [-0.05, 0) is 60.9 Å². The maximum absolute atomic E-state index is 13.5. The lowest BCUT2D eigenvalue weighted by Gasteiger charge is -2.25. The molecule has 0 bridgehead atoms. The number of esters is 1. The number of methoxy groups -OCH3 is 1. The molecule has 0 unspecified atom stereocenters. The zero-order valence-electron chi connectivity index (χ0n) is 20.0. The molecule has 0 fully saturated rings. The van der Waals surface area contributed by atoms with Gasteiger partial charge in [-0.2, -0.15) is 0 Å². The monoisotopic (exact) mass is 482 g/mol. The van der Waals surface area contributed by atoms with Crippen molar-refractivity contribution in [3.8, 4) is 5.75 Å². The Labute approximate surface area is 201 Å². The van der Waals surface area contributed by atoms with Crippen molar-refractivity contribution in [3.63, 3.8) is 0 Å². The van der Waals surface area contributed by atoms with Crippen LogP contribution in [0.4, 0.5) is 0 Å². The zero-order valence-corrected chi connectivity index (χ0v) is 20.9. The first-order valence-electron chi connectivity index (χ1n) is 11.3. The summed E-state index contributed by atoms with van der Waals surface area (Å²) in [7, 11) is -2.12. The highest BCUT2D eigenvalue weighted by Crippen LogP contribution is 2.54. The van der Waals surface area contributed by atoms with E-state index in [0.717, 1.165) is 27.6 Å². The molecule has 0 saturated heterocycles. The molecular weight excluding hydrogens is 451 g/mol. The van der Waals surface area contributed by atoms with Crippen LogP contribution in [0.1, 0.15) is 37.8 Å². The second-order valence-corrected chi connectivity index (χ2v) is 9.77. The fourth-order valence-corrected chi connectivity index (χ4v) is 5.12. The third-order valence-electron chi connectivity index (χ3n) is 5.34. The third-order valence-corrected chi connectivity index (χ3v) is 7.48. The predicted octanol–water partition coefficient (Wildman–Crippen LogP) is 6.80. The fraction of sp³-hybridized carbons (Fsp3) is 0.296. The molecular formula is C27H31O6P. The smallest absolute Gasteiger partial charge is 0.374 e. The molecule has 0 spiro atoms. The Kier molecular flexibility index (Phi) is 9.05. The van der Waals surface area contributed by atoms with Gasteiger partial charge >= 0.3 is 13.6 Å². The van der Waals surface area contributed by atoms with Crippen LogP contribution in [0.5, 0.6) is 5.75 Å². The molecule has 3 aromatic rings. The summed E-state index contributed by atoms with van der Waals surface area (Å²) in [4.78, 5) is 13.1. The summed E-state index contributed by atoms with van der Waals surface area (Å²) in [6.07, 6.45) is 3.31. The van der Waals surface area contributed by atoms with Gasteiger partial charge in [0.15, 0.2) is 0 Å². The Bertz CT molecular complexity index is 1160. The number of rotatable bonds is 11. The number of carbonyl (C=O) groups excluding carboxylic acids is 1. The van der Waals surface area contributed by atoms with Crippen molar-refractivity contribution in [2.75, 3.05) is 20.3 Å². The van der Waals surface area contributed by atoms with E-state index in [1.807, 2.05) is 66.7 Å². The minimum absolute atomic E-state index is 0.161. The van der Waals surface area contributed by atoms with Crippen molar-refractivity contribution in [1.82, 2.24) is 0 Å². The Morgan fingerprint density at radius 3 is 2.24 bits per heavy atom. The maximum atomic E-state index is 13.5. The van der Waals surface area contributed by atoms with E-state index in [1.165, 1.54) is 0 Å². The molecule has 6 nitrogen and oxygen atoms in total. The number of hydrogen-bond acceptors (Lipinski definition) is 6. The van der Waals surface area contributed by atoms with E-state index in [1.54, 1.807) is 40.0 Å². The van der Waals surface area contributed by atoms with Gasteiger partial charge < -0.3 is 18.5 Å². The minimum atomic E-state index is -3.74. The molecule has 0 aliphatic heterocycles. The fourth-order valence-electron chi connectivity index (χ4n) is 3.51. The molecule has 3 rings (SSSR count). The molecule has 2 atom stereocenters. The van der Waals surface area contributed by atoms with Crippen LogP contribution in [-0.2, 0) is 23.1 Å². The summed E-state index contributed by atoms with van der Waals surface area (Å²) in [6, 6.07) is 21.0. The Balaban J connectivity index is 1.86. The number of hydrogen-bond donors (Lipinski definition) is 0. The number of carbonyl (C=O) groups is 1. The van der Waals surface area contributed by atoms with Gasteiger partial charge in [0, 0.05) is 0 Å². The van der Waals surface area contributed by atoms with Crippen molar-refractivity contribution in [2.24, 2.45) is 0 Å². The lowest BCUT2D eigenvalue weighted by Crippen LogP contribution is -2.22. The second-order valence-electron chi connectivity index (χ2n) is 7.67. The average molecular weight is 483 g/mol. The van der Waals surface area contributed by atoms with Crippen LogP contribution < -0.4 is 4.74 Å². The van der Waals surface area contributed by atoms with Crippen LogP contribution in [-0.4, -0.2) is 32.1 Å². The molecule has 7 heteroatoms. The topological polar surface area (TPSA) is 71.1 Å². The summed E-state index contributed by atoms with van der Waals surface area (Å²) in [5, 5.41) is 1.98. The lowest BCUT2D eigenvalue weighted by atomic mass is 9.98. The van der Waals surface area contributed by atoms with Crippen LogP contribution >= 0.6 is 7.60 Å². The normalized spacial score (nSPS) is 13.6. The van der Waals surface area contributed by atoms with E-state index < -0.39 is 25.3 Å². The van der Waals surface area contributed by atoms with Gasteiger partial charge in [-0.15, -0.1) is 0 Å². The van der Waals surface area contributed by atoms with Crippen LogP contribution in [0.15, 0.2) is 72.8 Å². The van der Waals surface area contributed by atoms with E-state index in [4.69, 9.17) is 18.5 Å². The Morgan fingerprint density at radius 1 is 0.941 bits per heavy atom. The number of fused-ring (bicyclic) bond motifs is 1. The highest BCUT2D eigenvalue weighted by atomic mass is 31.2. The average Bonchev–Trinajstić information content (AvgIpc) is 2.86. The summed E-state index contributed by atoms with van der Waals surface area (Å²) >= 11 is 0. The van der Waals surface area contributed by atoms with Crippen molar-refractivity contribution in [2.45, 2.75) is 32.5 Å². The van der Waals surface area contributed by atoms with Gasteiger partial charge in [-0.25, -0.2) is 0 Å². The Hall–Kier alpha value is -2.92. The molecule has 0 radical (unpaired) electrons. The first-order valence-corrected chi connectivity index (χ1v) is 12.9. The van der Waals surface area contributed by atoms with Crippen LogP contribution in [0.2, 0.25) is 0 Å². The molecule has 0 heterocycles. The van der Waals surface area contributed by atoms with Gasteiger partial charge in [0.05, 0.1) is 26.2 Å². The van der Waals surface area contributed by atoms with Crippen LogP contribution in [0.25, 0.3) is 16.8 Å². The lowest BCUT2D eigenvalue weighted by molar-refractivity contribution is -0.146. The molecule has 0 N–H and O–H groups in total. The summed E-state index contributed by atoms with van der Waals surface area (Å²) in [6.45, 7) is 5.52. The first-order chi connectivity index (χ1) is 16.4. The maximum Gasteiger partial charge on any atom is 0.374 e. The summed E-state index contributed by atoms with van der Waals surface area (Å²) < 4.78 is 35.5. The van der Waals surface area contributed by atoms with E-state index in [9.17, 15) is 9.36 Å². The van der Waals surface area contributed by atoms with E-state index in [-0.39, 0.29) is 13.2 Å². The molecule has 0 aliphatic rings. The van der Waals surface area contributed by atoms with Crippen LogP contribution in [0, 0.1) is 0 Å². The molecule has 180 valence electrons. The van der Waals surface area contributed by atoms with Crippen molar-refractivity contribution >= 4 is 30.4 Å². The highest BCUT2D eigenvalue weighted by molar-refractivity contribution is 7.54. The van der Waals surface area contributed by atoms with Gasteiger partial charge in [0.1, 0.15) is 5.75 Å². The van der Waals surface area contributed by atoms with Gasteiger partial charge in [0.2, 0.25) is 5.85 Å². The van der Waals surface area contributed by atoms with Crippen LogP contribution in [0.3, 0.4) is 0 Å². The summed E-state index contributed by atoms with van der Waals surface area (Å²) in [5.74, 6) is -1.51. The van der Waals surface area contributed by atoms with E-state index >= 15 is 0 Å². The molecule has 34 heavy (non-hydrogen) atoms. The van der Waals surface area contributed by atoms with E-state index in [2.05, 4.69) is 0 Å². The van der Waals surface area contributed by atoms with Crippen molar-refractivity contribution in [3.05, 3.63) is 83.9 Å². The van der Waals surface area contributed by atoms with Crippen molar-refractivity contribution in [1.29, 1.82) is 0 Å². The quantitative estimate of drug-likeness (QED) is 0.221. The minimum Gasteiger partial charge on any atom is -0.497 e.